The number of H-pyrrole nitrogens is 1. The Morgan fingerprint density at radius 1 is 1.50 bits per heavy atom. The molecule has 0 unspecified atom stereocenters. The van der Waals surface area contributed by atoms with Crippen LogP contribution in [-0.2, 0) is 6.54 Å². The van der Waals surface area contributed by atoms with Crippen molar-refractivity contribution in [1.29, 1.82) is 0 Å². The van der Waals surface area contributed by atoms with Crippen molar-refractivity contribution in [3.8, 4) is 5.88 Å². The monoisotopic (exact) mass is 224 g/mol. The van der Waals surface area contributed by atoms with Crippen molar-refractivity contribution < 1.29 is 5.11 Å². The largest absolute Gasteiger partial charge is 0.494 e. The second kappa shape index (κ2) is 3.50. The third-order valence-electron chi connectivity index (χ3n) is 3.60. The molecule has 0 bridgehead atoms. The van der Waals surface area contributed by atoms with E-state index in [-0.39, 0.29) is 11.3 Å². The maximum Gasteiger partial charge on any atom is 0.331 e. The summed E-state index contributed by atoms with van der Waals surface area (Å²) in [5.74, 6) is 0.214. The molecule has 0 radical (unpaired) electrons. The summed E-state index contributed by atoms with van der Waals surface area (Å²) in [4.78, 5) is 24.6. The highest BCUT2D eigenvalue weighted by Gasteiger charge is 2.46. The molecule has 5 heteroatoms. The molecule has 5 nitrogen and oxygen atoms in total. The van der Waals surface area contributed by atoms with Crippen molar-refractivity contribution in [2.75, 3.05) is 0 Å². The van der Waals surface area contributed by atoms with Gasteiger partial charge in [0.1, 0.15) is 0 Å². The molecule has 1 aromatic heterocycles. The molecule has 16 heavy (non-hydrogen) atoms. The number of hydrogen-bond acceptors (Lipinski definition) is 3. The number of nitrogens with zero attached hydrogens (tertiary/aromatic N) is 1. The lowest BCUT2D eigenvalue weighted by Crippen LogP contribution is -2.32. The van der Waals surface area contributed by atoms with Crippen LogP contribution in [0.25, 0.3) is 0 Å². The van der Waals surface area contributed by atoms with Crippen molar-refractivity contribution >= 4 is 0 Å². The van der Waals surface area contributed by atoms with Gasteiger partial charge in [-0.2, -0.15) is 0 Å². The summed E-state index contributed by atoms with van der Waals surface area (Å²) >= 11 is 0. The number of rotatable bonds is 3. The van der Waals surface area contributed by atoms with Crippen molar-refractivity contribution in [2.45, 2.75) is 33.2 Å². The predicted octanol–water partition coefficient (Wildman–Crippen LogP) is 0.678. The molecule has 0 aliphatic heterocycles. The lowest BCUT2D eigenvalue weighted by Gasteiger charge is -2.20. The zero-order valence-corrected chi connectivity index (χ0v) is 9.49. The van der Waals surface area contributed by atoms with Crippen LogP contribution in [0.15, 0.2) is 15.7 Å². The van der Waals surface area contributed by atoms with E-state index in [1.807, 2.05) is 0 Å². The molecule has 0 aromatic carbocycles. The molecule has 1 aromatic rings. The van der Waals surface area contributed by atoms with Gasteiger partial charge in [0, 0.05) is 6.54 Å². The number of nitrogens with one attached hydrogen (secondary N) is 1. The topological polar surface area (TPSA) is 75.1 Å². The van der Waals surface area contributed by atoms with E-state index in [9.17, 15) is 14.7 Å². The first-order valence-corrected chi connectivity index (χ1v) is 5.48. The van der Waals surface area contributed by atoms with Crippen LogP contribution in [0.2, 0.25) is 0 Å². The van der Waals surface area contributed by atoms with E-state index in [2.05, 4.69) is 18.8 Å². The van der Waals surface area contributed by atoms with Gasteiger partial charge in [0.15, 0.2) is 0 Å². The quantitative estimate of drug-likeness (QED) is 0.792. The molecule has 1 aliphatic carbocycles. The first kappa shape index (κ1) is 11.0. The fourth-order valence-corrected chi connectivity index (χ4v) is 2.05. The minimum Gasteiger partial charge on any atom is -0.494 e. The molecule has 1 aliphatic rings. The van der Waals surface area contributed by atoms with Gasteiger partial charge in [-0.1, -0.05) is 13.8 Å². The molecule has 2 rings (SSSR count). The van der Waals surface area contributed by atoms with Crippen LogP contribution in [0.1, 0.15) is 26.7 Å². The average Bonchev–Trinajstić information content (AvgIpc) is 2.92. The maximum absolute atomic E-state index is 11.5. The summed E-state index contributed by atoms with van der Waals surface area (Å²) in [7, 11) is 0. The average molecular weight is 224 g/mol. The van der Waals surface area contributed by atoms with Gasteiger partial charge in [-0.25, -0.2) is 4.79 Å². The van der Waals surface area contributed by atoms with E-state index in [4.69, 9.17) is 0 Å². The molecule has 1 heterocycles. The fraction of sp³-hybridized carbons (Fsp3) is 0.636. The highest BCUT2D eigenvalue weighted by molar-refractivity contribution is 5.08. The predicted molar refractivity (Wildman–Crippen MR) is 59.5 cm³/mol. The van der Waals surface area contributed by atoms with Gasteiger partial charge in [0.25, 0.3) is 5.56 Å². The molecule has 1 saturated carbocycles. The zero-order chi connectivity index (χ0) is 11.9. The highest BCUT2D eigenvalue weighted by atomic mass is 16.3. The van der Waals surface area contributed by atoms with Crippen LogP contribution in [0.4, 0.5) is 0 Å². The number of aromatic nitrogens is 2. The summed E-state index contributed by atoms with van der Waals surface area (Å²) in [6, 6.07) is 1.04. The molecule has 0 atom stereocenters. The van der Waals surface area contributed by atoms with E-state index in [1.165, 1.54) is 4.57 Å². The standard InChI is InChI=1S/C11H16N2O3/c1-7(2)11(3-4-11)6-13-9(15)5-8(14)12-10(13)16/h5,7,15H,3-4,6H2,1-2H3,(H,12,14,16). The van der Waals surface area contributed by atoms with Crippen LogP contribution >= 0.6 is 0 Å². The van der Waals surface area contributed by atoms with Crippen LogP contribution in [0, 0.1) is 11.3 Å². The Morgan fingerprint density at radius 3 is 2.56 bits per heavy atom. The van der Waals surface area contributed by atoms with Crippen LogP contribution in [0.3, 0.4) is 0 Å². The van der Waals surface area contributed by atoms with E-state index < -0.39 is 11.2 Å². The third kappa shape index (κ3) is 1.77. The van der Waals surface area contributed by atoms with Crippen LogP contribution in [-0.4, -0.2) is 14.7 Å². The van der Waals surface area contributed by atoms with Gasteiger partial charge < -0.3 is 5.11 Å². The fourth-order valence-electron chi connectivity index (χ4n) is 2.05. The Kier molecular flexibility index (Phi) is 2.40. The first-order valence-electron chi connectivity index (χ1n) is 5.48. The summed E-state index contributed by atoms with van der Waals surface area (Å²) in [6.07, 6.45) is 2.13. The van der Waals surface area contributed by atoms with Crippen molar-refractivity contribution in [3.63, 3.8) is 0 Å². The van der Waals surface area contributed by atoms with Gasteiger partial charge in [-0.15, -0.1) is 0 Å². The number of aromatic amines is 1. The van der Waals surface area contributed by atoms with Crippen LogP contribution in [0.5, 0.6) is 5.88 Å². The van der Waals surface area contributed by atoms with E-state index in [0.29, 0.717) is 12.5 Å². The van der Waals surface area contributed by atoms with Crippen molar-refractivity contribution in [3.05, 3.63) is 26.9 Å². The maximum atomic E-state index is 11.5. The third-order valence-corrected chi connectivity index (χ3v) is 3.60. The first-order chi connectivity index (χ1) is 7.44. The molecular weight excluding hydrogens is 208 g/mol. The van der Waals surface area contributed by atoms with Gasteiger partial charge in [0.2, 0.25) is 5.88 Å². The number of hydrogen-bond donors (Lipinski definition) is 2. The second-order valence-corrected chi connectivity index (χ2v) is 4.90. The van der Waals surface area contributed by atoms with Gasteiger partial charge in [-0.3, -0.25) is 14.3 Å². The summed E-state index contributed by atoms with van der Waals surface area (Å²) in [5.41, 5.74) is -0.982. The molecular formula is C11H16N2O3. The van der Waals surface area contributed by atoms with Gasteiger partial charge >= 0.3 is 5.69 Å². The van der Waals surface area contributed by atoms with E-state index in [1.54, 1.807) is 0 Å². The molecule has 0 saturated heterocycles. The molecule has 0 spiro atoms. The Balaban J connectivity index is 2.36. The summed E-state index contributed by atoms with van der Waals surface area (Å²) < 4.78 is 1.24. The van der Waals surface area contributed by atoms with Crippen LogP contribution < -0.4 is 11.2 Å². The second-order valence-electron chi connectivity index (χ2n) is 4.90. The molecule has 1 fully saturated rings. The Morgan fingerprint density at radius 2 is 2.12 bits per heavy atom. The Bertz CT molecular complexity index is 509. The molecule has 2 N–H and O–H groups in total. The molecule has 88 valence electrons. The van der Waals surface area contributed by atoms with Crippen molar-refractivity contribution in [1.82, 2.24) is 9.55 Å². The van der Waals surface area contributed by atoms with Crippen molar-refractivity contribution in [2.24, 2.45) is 11.3 Å². The smallest absolute Gasteiger partial charge is 0.331 e. The van der Waals surface area contributed by atoms with Gasteiger partial charge in [-0.05, 0) is 24.2 Å². The minimum absolute atomic E-state index is 0.111. The van der Waals surface area contributed by atoms with Gasteiger partial charge in [0.05, 0.1) is 6.07 Å². The van der Waals surface area contributed by atoms with E-state index in [0.717, 1.165) is 18.9 Å². The zero-order valence-electron chi connectivity index (χ0n) is 9.49. The number of aromatic hydroxyl groups is 1. The normalized spacial score (nSPS) is 17.7. The SMILES string of the molecule is CC(C)C1(Cn2c(O)cc(=O)[nH]c2=O)CC1. The lowest BCUT2D eigenvalue weighted by molar-refractivity contribution is 0.280. The highest BCUT2D eigenvalue weighted by Crippen LogP contribution is 2.53. The molecule has 0 amide bonds. The van der Waals surface area contributed by atoms with E-state index >= 15 is 0 Å². The summed E-state index contributed by atoms with van der Waals surface area (Å²) in [6.45, 7) is 4.70. The Labute approximate surface area is 92.7 Å². The summed E-state index contributed by atoms with van der Waals surface area (Å²) in [5, 5.41) is 9.59. The minimum atomic E-state index is -0.562. The Hall–Kier alpha value is -1.52. The lowest BCUT2D eigenvalue weighted by atomic mass is 9.92.